The van der Waals surface area contributed by atoms with Gasteiger partial charge in [0, 0.05) is 12.2 Å². The lowest BCUT2D eigenvalue weighted by Gasteiger charge is -1.85. The predicted molar refractivity (Wildman–Crippen MR) is 60.2 cm³/mol. The summed E-state index contributed by atoms with van der Waals surface area (Å²) in [4.78, 5) is 4.25. The maximum Gasteiger partial charge on any atom is 0.125 e. The number of thiazole rings is 1. The van der Waals surface area contributed by atoms with Crippen molar-refractivity contribution < 1.29 is 4.39 Å². The Balaban J connectivity index is 0.000000845. The Kier molecular flexibility index (Phi) is 3.60. The van der Waals surface area contributed by atoms with Crippen molar-refractivity contribution in [2.24, 2.45) is 0 Å². The van der Waals surface area contributed by atoms with Crippen LogP contribution in [0.25, 0.3) is 10.2 Å². The quantitative estimate of drug-likeness (QED) is 0.692. The highest BCUT2D eigenvalue weighted by molar-refractivity contribution is 7.22. The molecule has 5 heteroatoms. The second-order valence-electron chi connectivity index (χ2n) is 2.42. The summed E-state index contributed by atoms with van der Waals surface area (Å²) in [6, 6.07) is 4.70. The van der Waals surface area contributed by atoms with E-state index in [1.54, 1.807) is 17.4 Å². The first-order valence-corrected chi connectivity index (χ1v) is 5.18. The number of benzene rings is 1. The first-order valence-electron chi connectivity index (χ1n) is 3.54. The average molecular weight is 236 g/mol. The van der Waals surface area contributed by atoms with Crippen molar-refractivity contribution in [1.29, 1.82) is 0 Å². The molecule has 0 saturated heterocycles. The molecule has 0 saturated carbocycles. The van der Waals surface area contributed by atoms with E-state index in [1.807, 2.05) is 0 Å². The Morgan fingerprint density at radius 2 is 2.23 bits per heavy atom. The molecule has 13 heavy (non-hydrogen) atoms. The van der Waals surface area contributed by atoms with Gasteiger partial charge in [0.2, 0.25) is 0 Å². The van der Waals surface area contributed by atoms with E-state index in [2.05, 4.69) is 14.2 Å². The van der Waals surface area contributed by atoms with Gasteiger partial charge in [0.15, 0.2) is 0 Å². The number of fused-ring (bicyclic) bond motifs is 1. The SMILES string of the molecule is Cl.Fc1ccc2sc(CP)nc2c1. The highest BCUT2D eigenvalue weighted by Crippen LogP contribution is 2.23. The van der Waals surface area contributed by atoms with Gasteiger partial charge in [-0.15, -0.1) is 33.0 Å². The van der Waals surface area contributed by atoms with Gasteiger partial charge >= 0.3 is 0 Å². The normalized spacial score (nSPS) is 10.0. The van der Waals surface area contributed by atoms with Crippen molar-refractivity contribution in [1.82, 2.24) is 4.98 Å². The molecule has 1 nitrogen and oxygen atoms in total. The molecule has 2 rings (SSSR count). The maximum absolute atomic E-state index is 12.7. The van der Waals surface area contributed by atoms with E-state index >= 15 is 0 Å². The molecular formula is C8H8ClFNPS. The molecule has 2 aromatic rings. The Hall–Kier alpha value is -0.240. The number of nitrogens with zero attached hydrogens (tertiary/aromatic N) is 1. The third-order valence-corrected chi connectivity index (χ3v) is 3.31. The van der Waals surface area contributed by atoms with Crippen LogP contribution in [-0.4, -0.2) is 4.98 Å². The van der Waals surface area contributed by atoms with Crippen LogP contribution in [0.1, 0.15) is 5.01 Å². The fourth-order valence-corrected chi connectivity index (χ4v) is 2.20. The summed E-state index contributed by atoms with van der Waals surface area (Å²) in [5.74, 6) is -0.219. The molecule has 0 aliphatic rings. The number of hydrogen-bond donors (Lipinski definition) is 0. The zero-order chi connectivity index (χ0) is 8.55. The highest BCUT2D eigenvalue weighted by atomic mass is 35.5. The summed E-state index contributed by atoms with van der Waals surface area (Å²) in [5, 5.41) is 1.03. The average Bonchev–Trinajstić information content (AvgIpc) is 2.46. The van der Waals surface area contributed by atoms with Gasteiger partial charge in [0.05, 0.1) is 15.2 Å². The molecule has 70 valence electrons. The molecule has 0 aliphatic carbocycles. The predicted octanol–water partition coefficient (Wildman–Crippen LogP) is 3.23. The van der Waals surface area contributed by atoms with Crippen LogP contribution in [0, 0.1) is 5.82 Å². The van der Waals surface area contributed by atoms with Crippen LogP contribution in [0.3, 0.4) is 0 Å². The summed E-state index contributed by atoms with van der Waals surface area (Å²) in [6.45, 7) is 0. The maximum atomic E-state index is 12.7. The van der Waals surface area contributed by atoms with Gasteiger partial charge in [0.25, 0.3) is 0 Å². The Bertz CT molecular complexity index is 417. The molecule has 1 aromatic heterocycles. The van der Waals surface area contributed by atoms with Crippen LogP contribution in [-0.2, 0) is 6.16 Å². The summed E-state index contributed by atoms with van der Waals surface area (Å²) < 4.78 is 13.8. The van der Waals surface area contributed by atoms with E-state index in [1.165, 1.54) is 12.1 Å². The molecule has 1 atom stereocenters. The van der Waals surface area contributed by atoms with E-state index in [9.17, 15) is 4.39 Å². The topological polar surface area (TPSA) is 12.9 Å². The molecule has 1 aromatic carbocycles. The fourth-order valence-electron chi connectivity index (χ4n) is 1.04. The van der Waals surface area contributed by atoms with Gasteiger partial charge in [-0.25, -0.2) is 9.37 Å². The third-order valence-electron chi connectivity index (χ3n) is 1.57. The van der Waals surface area contributed by atoms with Crippen LogP contribution in [0.2, 0.25) is 0 Å². The van der Waals surface area contributed by atoms with E-state index in [0.29, 0.717) is 0 Å². The lowest BCUT2D eigenvalue weighted by molar-refractivity contribution is 0.629. The monoisotopic (exact) mass is 235 g/mol. The minimum absolute atomic E-state index is 0. The lowest BCUT2D eigenvalue weighted by Crippen LogP contribution is -1.74. The number of aromatic nitrogens is 1. The van der Waals surface area contributed by atoms with Crippen LogP contribution < -0.4 is 0 Å². The van der Waals surface area contributed by atoms with Crippen LogP contribution in [0.4, 0.5) is 4.39 Å². The van der Waals surface area contributed by atoms with Crippen LogP contribution in [0.15, 0.2) is 18.2 Å². The zero-order valence-corrected chi connectivity index (χ0v) is 9.45. The van der Waals surface area contributed by atoms with Crippen molar-refractivity contribution in [2.45, 2.75) is 6.16 Å². The van der Waals surface area contributed by atoms with Crippen molar-refractivity contribution in [3.8, 4) is 0 Å². The second-order valence-corrected chi connectivity index (χ2v) is 3.95. The summed E-state index contributed by atoms with van der Waals surface area (Å²) in [6.07, 6.45) is 0.834. The van der Waals surface area contributed by atoms with Gasteiger partial charge in [0.1, 0.15) is 5.82 Å². The largest absolute Gasteiger partial charge is 0.241 e. The standard InChI is InChI=1S/C8H7FNPS.ClH/c9-5-1-2-7-6(3-5)10-8(4-11)12-7;/h1-3H,4,11H2;1H. The summed E-state index contributed by atoms with van der Waals surface area (Å²) >= 11 is 1.61. The molecular weight excluding hydrogens is 228 g/mol. The third kappa shape index (κ3) is 2.16. The Labute approximate surface area is 88.0 Å². The van der Waals surface area contributed by atoms with Crippen molar-refractivity contribution in [3.63, 3.8) is 0 Å². The molecule has 0 amide bonds. The second kappa shape index (κ2) is 4.32. The fraction of sp³-hybridized carbons (Fsp3) is 0.125. The van der Waals surface area contributed by atoms with Crippen molar-refractivity contribution >= 4 is 43.2 Å². The van der Waals surface area contributed by atoms with Crippen molar-refractivity contribution in [3.05, 3.63) is 29.0 Å². The smallest absolute Gasteiger partial charge is 0.125 e. The highest BCUT2D eigenvalue weighted by Gasteiger charge is 2.02. The number of rotatable bonds is 1. The van der Waals surface area contributed by atoms with Gasteiger partial charge in [-0.1, -0.05) is 0 Å². The zero-order valence-electron chi connectivity index (χ0n) is 6.66. The van der Waals surface area contributed by atoms with Gasteiger partial charge < -0.3 is 0 Å². The van der Waals surface area contributed by atoms with E-state index < -0.39 is 0 Å². The van der Waals surface area contributed by atoms with Crippen LogP contribution >= 0.6 is 33.0 Å². The molecule has 1 unspecified atom stereocenters. The first kappa shape index (κ1) is 10.8. The Morgan fingerprint density at radius 1 is 1.46 bits per heavy atom. The van der Waals surface area contributed by atoms with E-state index in [4.69, 9.17) is 0 Å². The van der Waals surface area contributed by atoms with E-state index in [0.717, 1.165) is 21.4 Å². The van der Waals surface area contributed by atoms with Crippen molar-refractivity contribution in [2.75, 3.05) is 0 Å². The lowest BCUT2D eigenvalue weighted by atomic mass is 10.3. The molecule has 0 bridgehead atoms. The first-order chi connectivity index (χ1) is 5.79. The number of halogens is 2. The number of hydrogen-bond acceptors (Lipinski definition) is 2. The minimum Gasteiger partial charge on any atom is -0.241 e. The van der Waals surface area contributed by atoms with Gasteiger partial charge in [-0.3, -0.25) is 0 Å². The van der Waals surface area contributed by atoms with Gasteiger partial charge in [-0.2, -0.15) is 0 Å². The minimum atomic E-state index is -0.219. The van der Waals surface area contributed by atoms with Gasteiger partial charge in [-0.05, 0) is 12.1 Å². The molecule has 0 N–H and O–H groups in total. The molecule has 0 aliphatic heterocycles. The molecule has 1 heterocycles. The summed E-state index contributed by atoms with van der Waals surface area (Å²) in [7, 11) is 2.61. The van der Waals surface area contributed by atoms with Crippen LogP contribution in [0.5, 0.6) is 0 Å². The van der Waals surface area contributed by atoms with E-state index in [-0.39, 0.29) is 18.2 Å². The molecule has 0 spiro atoms. The summed E-state index contributed by atoms with van der Waals surface area (Å²) in [5.41, 5.74) is 0.762. The molecule has 0 radical (unpaired) electrons. The Morgan fingerprint density at radius 3 is 2.92 bits per heavy atom. The molecule has 0 fully saturated rings.